The van der Waals surface area contributed by atoms with Crippen molar-refractivity contribution in [2.75, 3.05) is 0 Å². The van der Waals surface area contributed by atoms with Crippen LogP contribution in [0.15, 0.2) is 11.6 Å². The maximum Gasteiger partial charge on any atom is 0.0653 e. The molecule has 1 saturated carbocycles. The van der Waals surface area contributed by atoms with Crippen LogP contribution in [0.3, 0.4) is 0 Å². The molecule has 0 aromatic rings. The second-order valence-electron chi connectivity index (χ2n) is 6.89. The van der Waals surface area contributed by atoms with Gasteiger partial charge in [-0.25, -0.2) is 0 Å². The van der Waals surface area contributed by atoms with Crippen molar-refractivity contribution in [1.29, 1.82) is 0 Å². The quantitative estimate of drug-likeness (QED) is 0.690. The van der Waals surface area contributed by atoms with E-state index in [0.29, 0.717) is 11.8 Å². The summed E-state index contributed by atoms with van der Waals surface area (Å²) in [6.07, 6.45) is 6.20. The molecule has 0 aliphatic heterocycles. The van der Waals surface area contributed by atoms with E-state index in [9.17, 15) is 10.2 Å². The molecule has 2 nitrogen and oxygen atoms in total. The minimum Gasteiger partial charge on any atom is -0.390 e. The minimum absolute atomic E-state index is 0.281. The fraction of sp³-hybridized carbons (Fsp3) is 0.867. The Labute approximate surface area is 105 Å². The second kappa shape index (κ2) is 4.10. The normalized spacial score (nSPS) is 42.9. The standard InChI is InChI=1S/C15H26O2/c1-10-5-6-13-11(9-10)12(14(2,3)16)7-8-15(13,4)17/h9,11-13,16-17H,5-8H2,1-4H3/t11-,12+,13+,15+/m0/s1. The molecular weight excluding hydrogens is 212 g/mol. The summed E-state index contributed by atoms with van der Waals surface area (Å²) in [6, 6.07) is 0. The molecule has 2 rings (SSSR count). The van der Waals surface area contributed by atoms with Crippen molar-refractivity contribution >= 4 is 0 Å². The van der Waals surface area contributed by atoms with Crippen LogP contribution in [-0.4, -0.2) is 21.4 Å². The molecular formula is C15H26O2. The number of fused-ring (bicyclic) bond motifs is 1. The van der Waals surface area contributed by atoms with Gasteiger partial charge in [-0.15, -0.1) is 0 Å². The molecule has 0 spiro atoms. The molecule has 0 unspecified atom stereocenters. The summed E-state index contributed by atoms with van der Waals surface area (Å²) in [5, 5.41) is 20.9. The summed E-state index contributed by atoms with van der Waals surface area (Å²) in [4.78, 5) is 0. The van der Waals surface area contributed by atoms with E-state index >= 15 is 0 Å². The average molecular weight is 238 g/mol. The van der Waals surface area contributed by atoms with Crippen LogP contribution in [0.2, 0.25) is 0 Å². The van der Waals surface area contributed by atoms with Crippen molar-refractivity contribution in [3.8, 4) is 0 Å². The van der Waals surface area contributed by atoms with Gasteiger partial charge >= 0.3 is 0 Å². The van der Waals surface area contributed by atoms with Gasteiger partial charge in [-0.05, 0) is 71.1 Å². The third-order valence-electron chi connectivity index (χ3n) is 4.92. The molecule has 2 aliphatic rings. The van der Waals surface area contributed by atoms with Crippen LogP contribution in [0, 0.1) is 17.8 Å². The number of aliphatic hydroxyl groups is 2. The van der Waals surface area contributed by atoms with E-state index in [-0.39, 0.29) is 5.92 Å². The average Bonchev–Trinajstić information content (AvgIpc) is 2.14. The predicted octanol–water partition coefficient (Wildman–Crippen LogP) is 2.89. The molecule has 98 valence electrons. The van der Waals surface area contributed by atoms with Gasteiger partial charge in [-0.1, -0.05) is 11.6 Å². The number of hydrogen-bond acceptors (Lipinski definition) is 2. The summed E-state index contributed by atoms with van der Waals surface area (Å²) in [5.74, 6) is 0.937. The lowest BCUT2D eigenvalue weighted by Crippen LogP contribution is -2.52. The van der Waals surface area contributed by atoms with Gasteiger partial charge in [0.1, 0.15) is 0 Å². The fourth-order valence-corrected chi connectivity index (χ4v) is 3.88. The molecule has 17 heavy (non-hydrogen) atoms. The molecule has 4 atom stereocenters. The maximum absolute atomic E-state index is 10.5. The first-order chi connectivity index (χ1) is 7.72. The van der Waals surface area contributed by atoms with Crippen LogP contribution in [0.4, 0.5) is 0 Å². The van der Waals surface area contributed by atoms with Crippen LogP contribution in [0.1, 0.15) is 53.4 Å². The topological polar surface area (TPSA) is 40.5 Å². The predicted molar refractivity (Wildman–Crippen MR) is 69.6 cm³/mol. The molecule has 0 radical (unpaired) electrons. The van der Waals surface area contributed by atoms with Crippen molar-refractivity contribution < 1.29 is 10.2 Å². The van der Waals surface area contributed by atoms with Gasteiger partial charge in [0.25, 0.3) is 0 Å². The highest BCUT2D eigenvalue weighted by Crippen LogP contribution is 2.50. The van der Waals surface area contributed by atoms with E-state index in [2.05, 4.69) is 13.0 Å². The molecule has 0 heterocycles. The van der Waals surface area contributed by atoms with E-state index in [0.717, 1.165) is 25.7 Å². The zero-order chi connectivity index (χ0) is 12.8. The second-order valence-corrected chi connectivity index (χ2v) is 6.89. The lowest BCUT2D eigenvalue weighted by molar-refractivity contribution is -0.116. The van der Waals surface area contributed by atoms with Crippen LogP contribution >= 0.6 is 0 Å². The molecule has 0 aromatic carbocycles. The Hall–Kier alpha value is -0.340. The van der Waals surface area contributed by atoms with Crippen molar-refractivity contribution in [2.45, 2.75) is 64.6 Å². The first-order valence-corrected chi connectivity index (χ1v) is 6.84. The van der Waals surface area contributed by atoms with Gasteiger partial charge < -0.3 is 10.2 Å². The monoisotopic (exact) mass is 238 g/mol. The number of hydrogen-bond donors (Lipinski definition) is 2. The Balaban J connectivity index is 2.32. The highest BCUT2D eigenvalue weighted by molar-refractivity contribution is 5.15. The van der Waals surface area contributed by atoms with Crippen LogP contribution in [-0.2, 0) is 0 Å². The number of rotatable bonds is 1. The first-order valence-electron chi connectivity index (χ1n) is 6.84. The third kappa shape index (κ3) is 2.43. The maximum atomic E-state index is 10.5. The van der Waals surface area contributed by atoms with Crippen LogP contribution in [0.5, 0.6) is 0 Å². The van der Waals surface area contributed by atoms with Gasteiger partial charge in [0, 0.05) is 0 Å². The summed E-state index contributed by atoms with van der Waals surface area (Å²) in [6.45, 7) is 7.96. The Morgan fingerprint density at radius 2 is 2.00 bits per heavy atom. The number of allylic oxidation sites excluding steroid dienone is 2. The Morgan fingerprint density at radius 3 is 2.59 bits per heavy atom. The Kier molecular flexibility index (Phi) is 3.16. The lowest BCUT2D eigenvalue weighted by atomic mass is 9.57. The van der Waals surface area contributed by atoms with Crippen molar-refractivity contribution in [3.63, 3.8) is 0 Å². The van der Waals surface area contributed by atoms with Crippen molar-refractivity contribution in [2.24, 2.45) is 17.8 Å². The zero-order valence-corrected chi connectivity index (χ0v) is 11.5. The van der Waals surface area contributed by atoms with Crippen LogP contribution in [0.25, 0.3) is 0 Å². The van der Waals surface area contributed by atoms with E-state index in [1.807, 2.05) is 20.8 Å². The molecule has 0 aromatic heterocycles. The molecule has 1 fully saturated rings. The van der Waals surface area contributed by atoms with Crippen LogP contribution < -0.4 is 0 Å². The Bertz CT molecular complexity index is 322. The smallest absolute Gasteiger partial charge is 0.0653 e. The molecule has 0 saturated heterocycles. The minimum atomic E-state index is -0.645. The van der Waals surface area contributed by atoms with Crippen molar-refractivity contribution in [3.05, 3.63) is 11.6 Å². The SMILES string of the molecule is CC1=C[C@H]2[C@H](C(C)(C)O)CC[C@@](C)(O)[C@@H]2CC1. The molecule has 0 amide bonds. The van der Waals surface area contributed by atoms with E-state index in [4.69, 9.17) is 0 Å². The van der Waals surface area contributed by atoms with Gasteiger partial charge in [-0.3, -0.25) is 0 Å². The molecule has 0 bridgehead atoms. The molecule has 2 N–H and O–H groups in total. The fourth-order valence-electron chi connectivity index (χ4n) is 3.88. The highest BCUT2D eigenvalue weighted by Gasteiger charge is 2.49. The van der Waals surface area contributed by atoms with E-state index in [1.165, 1.54) is 5.57 Å². The van der Waals surface area contributed by atoms with E-state index in [1.54, 1.807) is 0 Å². The zero-order valence-electron chi connectivity index (χ0n) is 11.5. The Morgan fingerprint density at radius 1 is 1.35 bits per heavy atom. The van der Waals surface area contributed by atoms with Gasteiger partial charge in [0.2, 0.25) is 0 Å². The summed E-state index contributed by atoms with van der Waals surface area (Å²) in [7, 11) is 0. The largest absolute Gasteiger partial charge is 0.390 e. The summed E-state index contributed by atoms with van der Waals surface area (Å²) >= 11 is 0. The van der Waals surface area contributed by atoms with Crippen molar-refractivity contribution in [1.82, 2.24) is 0 Å². The molecule has 2 heteroatoms. The summed E-state index contributed by atoms with van der Waals surface area (Å²) < 4.78 is 0. The lowest BCUT2D eigenvalue weighted by Gasteiger charge is -2.51. The first kappa shape index (κ1) is 13.1. The highest BCUT2D eigenvalue weighted by atomic mass is 16.3. The van der Waals surface area contributed by atoms with Gasteiger partial charge in [0.05, 0.1) is 11.2 Å². The van der Waals surface area contributed by atoms with Gasteiger partial charge in [-0.2, -0.15) is 0 Å². The van der Waals surface area contributed by atoms with Gasteiger partial charge in [0.15, 0.2) is 0 Å². The third-order valence-corrected chi connectivity index (χ3v) is 4.92. The summed E-state index contributed by atoms with van der Waals surface area (Å²) in [5.41, 5.74) is 0.218. The van der Waals surface area contributed by atoms with E-state index < -0.39 is 11.2 Å². The molecule has 2 aliphatic carbocycles.